The van der Waals surface area contributed by atoms with Crippen LogP contribution in [0.2, 0.25) is 0 Å². The van der Waals surface area contributed by atoms with Gasteiger partial charge in [-0.2, -0.15) is 8.78 Å². The van der Waals surface area contributed by atoms with Gasteiger partial charge in [0.05, 0.1) is 5.56 Å². The summed E-state index contributed by atoms with van der Waals surface area (Å²) in [5.74, 6) is -1.11. The predicted octanol–water partition coefficient (Wildman–Crippen LogP) is 5.63. The number of carbonyl (C=O) groups excluding carboxylic acids is 2. The van der Waals surface area contributed by atoms with Gasteiger partial charge >= 0.3 is 12.6 Å². The third-order valence-corrected chi connectivity index (χ3v) is 4.71. The fourth-order valence-corrected chi connectivity index (χ4v) is 3.34. The summed E-state index contributed by atoms with van der Waals surface area (Å²) in [5.41, 5.74) is 0.629. The lowest BCUT2D eigenvalue weighted by Gasteiger charge is -2.11. The average molecular weight is 406 g/mol. The van der Waals surface area contributed by atoms with Crippen molar-refractivity contribution in [3.63, 3.8) is 0 Å². The lowest BCUT2D eigenvalue weighted by Crippen LogP contribution is -2.15. The molecule has 0 saturated heterocycles. The molecule has 0 saturated carbocycles. The molecule has 0 N–H and O–H groups in total. The molecule has 4 rings (SSSR count). The predicted molar refractivity (Wildman–Crippen MR) is 109 cm³/mol. The molecular formula is C24H16F2O4. The molecule has 150 valence electrons. The van der Waals surface area contributed by atoms with Crippen molar-refractivity contribution >= 4 is 33.3 Å². The number of hydrogen-bond acceptors (Lipinski definition) is 4. The van der Waals surface area contributed by atoms with E-state index in [0.717, 1.165) is 21.5 Å². The Morgan fingerprint density at radius 3 is 1.93 bits per heavy atom. The van der Waals surface area contributed by atoms with E-state index in [-0.39, 0.29) is 11.3 Å². The van der Waals surface area contributed by atoms with Crippen LogP contribution in [-0.2, 0) is 4.74 Å². The molecule has 4 aromatic rings. The molecule has 6 heteroatoms. The summed E-state index contributed by atoms with van der Waals surface area (Å²) in [6.45, 7) is -3.41. The Bertz CT molecular complexity index is 1180. The van der Waals surface area contributed by atoms with Gasteiger partial charge in [0.1, 0.15) is 5.75 Å². The van der Waals surface area contributed by atoms with E-state index in [9.17, 15) is 18.4 Å². The van der Waals surface area contributed by atoms with Gasteiger partial charge in [-0.05, 0) is 51.9 Å². The largest absolute Gasteiger partial charge is 0.454 e. The summed E-state index contributed by atoms with van der Waals surface area (Å²) in [6.07, 6.45) is 0. The van der Waals surface area contributed by atoms with Crippen molar-refractivity contribution in [1.82, 2.24) is 0 Å². The highest BCUT2D eigenvalue weighted by molar-refractivity contribution is 6.17. The minimum Gasteiger partial charge on any atom is -0.454 e. The van der Waals surface area contributed by atoms with E-state index in [1.54, 1.807) is 0 Å². The summed E-state index contributed by atoms with van der Waals surface area (Å²) in [4.78, 5) is 25.3. The molecule has 0 aliphatic carbocycles. The van der Waals surface area contributed by atoms with Gasteiger partial charge in [-0.15, -0.1) is 0 Å². The second kappa shape index (κ2) is 8.29. The Balaban J connectivity index is 1.56. The molecule has 0 amide bonds. The third-order valence-electron chi connectivity index (χ3n) is 4.71. The molecule has 4 nitrogen and oxygen atoms in total. The summed E-state index contributed by atoms with van der Waals surface area (Å²) < 4.78 is 34.0. The number of fused-ring (bicyclic) bond motifs is 2. The Morgan fingerprint density at radius 1 is 0.800 bits per heavy atom. The topological polar surface area (TPSA) is 52.6 Å². The van der Waals surface area contributed by atoms with Crippen molar-refractivity contribution in [2.75, 3.05) is 6.61 Å². The zero-order valence-corrected chi connectivity index (χ0v) is 15.7. The Hall–Kier alpha value is -3.80. The number of Topliss-reactive ketones (excluding diaryl/α,β-unsaturated/α-hetero) is 1. The number of rotatable bonds is 6. The molecule has 0 unspecified atom stereocenters. The second-order valence-corrected chi connectivity index (χ2v) is 6.60. The Morgan fingerprint density at radius 2 is 1.37 bits per heavy atom. The second-order valence-electron chi connectivity index (χ2n) is 6.60. The maximum Gasteiger partial charge on any atom is 0.387 e. The number of benzene rings is 4. The number of hydrogen-bond donors (Lipinski definition) is 0. The van der Waals surface area contributed by atoms with Gasteiger partial charge in [0.15, 0.2) is 12.4 Å². The van der Waals surface area contributed by atoms with Gasteiger partial charge in [-0.25, -0.2) is 4.79 Å². The van der Waals surface area contributed by atoms with E-state index < -0.39 is 25.0 Å². The van der Waals surface area contributed by atoms with Gasteiger partial charge in [0.25, 0.3) is 0 Å². The summed E-state index contributed by atoms with van der Waals surface area (Å²) >= 11 is 0. The maximum atomic E-state index is 12.9. The van der Waals surface area contributed by atoms with Gasteiger partial charge in [0, 0.05) is 5.56 Å². The molecule has 0 spiro atoms. The lowest BCUT2D eigenvalue weighted by atomic mass is 9.97. The van der Waals surface area contributed by atoms with E-state index in [1.807, 2.05) is 54.6 Å². The molecule has 0 bridgehead atoms. The van der Waals surface area contributed by atoms with Crippen LogP contribution in [0.1, 0.15) is 20.7 Å². The van der Waals surface area contributed by atoms with Crippen molar-refractivity contribution < 1.29 is 27.8 Å². The monoisotopic (exact) mass is 406 g/mol. The number of esters is 1. The first-order valence-electron chi connectivity index (χ1n) is 9.18. The van der Waals surface area contributed by atoms with E-state index in [2.05, 4.69) is 4.74 Å². The van der Waals surface area contributed by atoms with Crippen LogP contribution in [0.5, 0.6) is 5.75 Å². The highest BCUT2D eigenvalue weighted by Gasteiger charge is 2.18. The average Bonchev–Trinajstić information content (AvgIpc) is 2.75. The molecule has 0 radical (unpaired) electrons. The van der Waals surface area contributed by atoms with E-state index in [4.69, 9.17) is 4.74 Å². The van der Waals surface area contributed by atoms with Crippen LogP contribution in [0, 0.1) is 0 Å². The highest BCUT2D eigenvalue weighted by atomic mass is 19.3. The molecule has 0 aliphatic rings. The fourth-order valence-electron chi connectivity index (χ4n) is 3.34. The number of ketones is 1. The van der Waals surface area contributed by atoms with Crippen LogP contribution >= 0.6 is 0 Å². The molecular weight excluding hydrogens is 390 g/mol. The van der Waals surface area contributed by atoms with Crippen molar-refractivity contribution in [1.29, 1.82) is 0 Å². The van der Waals surface area contributed by atoms with Crippen molar-refractivity contribution in [2.45, 2.75) is 6.61 Å². The zero-order valence-electron chi connectivity index (χ0n) is 15.7. The molecule has 0 aromatic heterocycles. The molecule has 0 aliphatic heterocycles. The van der Waals surface area contributed by atoms with Crippen molar-refractivity contribution in [3.8, 4) is 5.75 Å². The van der Waals surface area contributed by atoms with Crippen LogP contribution in [0.15, 0.2) is 78.9 Å². The quantitative estimate of drug-likeness (QED) is 0.236. The van der Waals surface area contributed by atoms with Crippen LogP contribution in [-0.4, -0.2) is 25.0 Å². The normalized spacial score (nSPS) is 11.0. The molecule has 0 fully saturated rings. The van der Waals surface area contributed by atoms with Crippen LogP contribution < -0.4 is 4.74 Å². The zero-order chi connectivity index (χ0) is 21.1. The van der Waals surface area contributed by atoms with Crippen LogP contribution in [0.3, 0.4) is 0 Å². The smallest absolute Gasteiger partial charge is 0.387 e. The van der Waals surface area contributed by atoms with Crippen LogP contribution in [0.4, 0.5) is 8.78 Å². The number of ether oxygens (including phenoxy) is 2. The number of alkyl halides is 2. The molecule has 4 aromatic carbocycles. The molecule has 0 atom stereocenters. The maximum absolute atomic E-state index is 12.9. The first-order chi connectivity index (χ1) is 14.5. The highest BCUT2D eigenvalue weighted by Crippen LogP contribution is 2.29. The van der Waals surface area contributed by atoms with Crippen molar-refractivity contribution in [2.24, 2.45) is 0 Å². The SMILES string of the molecule is O=C(COC(=O)c1c2ccccc2cc2ccccc12)c1ccc(OC(F)F)cc1. The minimum atomic E-state index is -2.94. The van der Waals surface area contributed by atoms with Gasteiger partial charge < -0.3 is 9.47 Å². The lowest BCUT2D eigenvalue weighted by molar-refractivity contribution is -0.0498. The van der Waals surface area contributed by atoms with Gasteiger partial charge in [-0.1, -0.05) is 48.5 Å². The Kier molecular flexibility index (Phi) is 5.39. The van der Waals surface area contributed by atoms with E-state index in [1.165, 1.54) is 24.3 Å². The number of halogens is 2. The standard InChI is InChI=1S/C24H16F2O4/c25-24(26)30-18-11-9-15(10-12-18)21(27)14-29-23(28)22-19-7-3-1-5-16(19)13-17-6-2-4-8-20(17)22/h1-13,24H,14H2. The molecule has 30 heavy (non-hydrogen) atoms. The summed E-state index contributed by atoms with van der Waals surface area (Å²) in [5, 5.41) is 3.26. The summed E-state index contributed by atoms with van der Waals surface area (Å²) in [7, 11) is 0. The number of carbonyl (C=O) groups is 2. The van der Waals surface area contributed by atoms with Gasteiger partial charge in [0.2, 0.25) is 0 Å². The Labute approximate surface area is 170 Å². The fraction of sp³-hybridized carbons (Fsp3) is 0.0833. The van der Waals surface area contributed by atoms with Crippen molar-refractivity contribution in [3.05, 3.63) is 90.0 Å². The first kappa shape index (κ1) is 19.5. The van der Waals surface area contributed by atoms with Crippen LogP contribution in [0.25, 0.3) is 21.5 Å². The third kappa shape index (κ3) is 3.98. The van der Waals surface area contributed by atoms with E-state index in [0.29, 0.717) is 5.56 Å². The summed E-state index contributed by atoms with van der Waals surface area (Å²) in [6, 6.07) is 22.2. The first-order valence-corrected chi connectivity index (χ1v) is 9.18. The minimum absolute atomic E-state index is 0.0548. The van der Waals surface area contributed by atoms with Gasteiger partial charge in [-0.3, -0.25) is 4.79 Å². The molecule has 0 heterocycles. The van der Waals surface area contributed by atoms with E-state index >= 15 is 0 Å².